The highest BCUT2D eigenvalue weighted by Crippen LogP contribution is 2.11. The number of aryl methyl sites for hydroxylation is 2. The maximum Gasteiger partial charge on any atom is 0.257 e. The molecule has 0 unspecified atom stereocenters. The molecule has 0 saturated heterocycles. The maximum absolute atomic E-state index is 12.3. The molecule has 2 heterocycles. The fourth-order valence-corrected chi connectivity index (χ4v) is 2.01. The van der Waals surface area contributed by atoms with Gasteiger partial charge in [0.1, 0.15) is 0 Å². The van der Waals surface area contributed by atoms with Crippen LogP contribution in [0, 0.1) is 6.92 Å². The Labute approximate surface area is 112 Å². The Morgan fingerprint density at radius 2 is 2.16 bits per heavy atom. The molecule has 6 heteroatoms. The lowest BCUT2D eigenvalue weighted by molar-refractivity contribution is 0.0780. The zero-order valence-electron chi connectivity index (χ0n) is 11.8. The van der Waals surface area contributed by atoms with Crippen LogP contribution in [0.5, 0.6) is 0 Å². The Morgan fingerprint density at radius 1 is 1.42 bits per heavy atom. The summed E-state index contributed by atoms with van der Waals surface area (Å²) in [7, 11) is 3.63. The Kier molecular flexibility index (Phi) is 3.69. The first-order valence-electron chi connectivity index (χ1n) is 6.29. The SMILES string of the molecule is CCn1nccc1CN(C)C(=O)c1cnn(C)c1C. The van der Waals surface area contributed by atoms with E-state index in [4.69, 9.17) is 0 Å². The van der Waals surface area contributed by atoms with E-state index in [0.717, 1.165) is 17.9 Å². The molecule has 2 aromatic rings. The van der Waals surface area contributed by atoms with Crippen LogP contribution in [0.25, 0.3) is 0 Å². The quantitative estimate of drug-likeness (QED) is 0.831. The molecular formula is C13H19N5O. The molecule has 0 fully saturated rings. The van der Waals surface area contributed by atoms with Crippen LogP contribution in [-0.4, -0.2) is 37.4 Å². The predicted octanol–water partition coefficient (Wildman–Crippen LogP) is 1.22. The van der Waals surface area contributed by atoms with E-state index in [9.17, 15) is 4.79 Å². The second-order valence-electron chi connectivity index (χ2n) is 4.57. The first-order valence-corrected chi connectivity index (χ1v) is 6.29. The van der Waals surface area contributed by atoms with Gasteiger partial charge in [-0.05, 0) is 19.9 Å². The number of hydrogen-bond donors (Lipinski definition) is 0. The lowest BCUT2D eigenvalue weighted by atomic mass is 10.2. The molecule has 6 nitrogen and oxygen atoms in total. The van der Waals surface area contributed by atoms with E-state index >= 15 is 0 Å². The van der Waals surface area contributed by atoms with Gasteiger partial charge in [-0.2, -0.15) is 10.2 Å². The number of aromatic nitrogens is 4. The van der Waals surface area contributed by atoms with Crippen LogP contribution in [-0.2, 0) is 20.1 Å². The molecule has 2 rings (SSSR count). The number of rotatable bonds is 4. The molecule has 0 radical (unpaired) electrons. The average Bonchev–Trinajstić information content (AvgIpc) is 2.97. The van der Waals surface area contributed by atoms with Crippen molar-refractivity contribution in [3.8, 4) is 0 Å². The summed E-state index contributed by atoms with van der Waals surface area (Å²) < 4.78 is 3.59. The van der Waals surface area contributed by atoms with E-state index in [1.165, 1.54) is 0 Å². The largest absolute Gasteiger partial charge is 0.336 e. The molecule has 0 saturated carbocycles. The highest BCUT2D eigenvalue weighted by atomic mass is 16.2. The molecule has 1 amide bonds. The Hall–Kier alpha value is -2.11. The fraction of sp³-hybridized carbons (Fsp3) is 0.462. The molecule has 0 atom stereocenters. The van der Waals surface area contributed by atoms with Crippen molar-refractivity contribution >= 4 is 5.91 Å². The van der Waals surface area contributed by atoms with E-state index in [2.05, 4.69) is 10.2 Å². The van der Waals surface area contributed by atoms with Crippen molar-refractivity contribution in [1.82, 2.24) is 24.5 Å². The van der Waals surface area contributed by atoms with Gasteiger partial charge in [0.15, 0.2) is 0 Å². The topological polar surface area (TPSA) is 56.0 Å². The Morgan fingerprint density at radius 3 is 2.74 bits per heavy atom. The van der Waals surface area contributed by atoms with Gasteiger partial charge < -0.3 is 4.90 Å². The normalized spacial score (nSPS) is 10.7. The van der Waals surface area contributed by atoms with Crippen molar-refractivity contribution in [2.45, 2.75) is 26.9 Å². The van der Waals surface area contributed by atoms with Gasteiger partial charge in [0.2, 0.25) is 0 Å². The first kappa shape index (κ1) is 13.3. The van der Waals surface area contributed by atoms with Gasteiger partial charge in [-0.15, -0.1) is 0 Å². The van der Waals surface area contributed by atoms with Gasteiger partial charge in [0, 0.05) is 32.5 Å². The number of hydrogen-bond acceptors (Lipinski definition) is 3. The van der Waals surface area contributed by atoms with Crippen LogP contribution < -0.4 is 0 Å². The smallest absolute Gasteiger partial charge is 0.257 e. The van der Waals surface area contributed by atoms with Crippen LogP contribution in [0.3, 0.4) is 0 Å². The van der Waals surface area contributed by atoms with Gasteiger partial charge in [0.25, 0.3) is 5.91 Å². The molecule has 0 aliphatic heterocycles. The van der Waals surface area contributed by atoms with Crippen LogP contribution in [0.1, 0.15) is 28.7 Å². The Balaban J connectivity index is 2.14. The summed E-state index contributed by atoms with van der Waals surface area (Å²) in [5, 5.41) is 8.31. The average molecular weight is 261 g/mol. The van der Waals surface area contributed by atoms with Crippen LogP contribution >= 0.6 is 0 Å². The lowest BCUT2D eigenvalue weighted by Crippen LogP contribution is -2.27. The summed E-state index contributed by atoms with van der Waals surface area (Å²) in [5.41, 5.74) is 2.55. The molecule has 102 valence electrons. The summed E-state index contributed by atoms with van der Waals surface area (Å²) in [6.07, 6.45) is 3.37. The van der Waals surface area contributed by atoms with Crippen LogP contribution in [0.2, 0.25) is 0 Å². The zero-order chi connectivity index (χ0) is 14.0. The van der Waals surface area contributed by atoms with Gasteiger partial charge in [-0.3, -0.25) is 14.2 Å². The molecule has 2 aromatic heterocycles. The molecular weight excluding hydrogens is 242 g/mol. The van der Waals surface area contributed by atoms with Gasteiger partial charge in [0.05, 0.1) is 24.0 Å². The molecule has 0 aliphatic rings. The van der Waals surface area contributed by atoms with Gasteiger partial charge >= 0.3 is 0 Å². The molecule has 0 bridgehead atoms. The predicted molar refractivity (Wildman–Crippen MR) is 71.6 cm³/mol. The minimum absolute atomic E-state index is 0.0190. The number of amides is 1. The van der Waals surface area contributed by atoms with Crippen LogP contribution in [0.15, 0.2) is 18.5 Å². The van der Waals surface area contributed by atoms with E-state index in [1.807, 2.05) is 31.6 Å². The standard InChI is InChI=1S/C13H19N5O/c1-5-18-11(6-7-14-18)9-16(3)13(19)12-8-15-17(4)10(12)2/h6-8H,5,9H2,1-4H3. The second-order valence-corrected chi connectivity index (χ2v) is 4.57. The van der Waals surface area contributed by atoms with Crippen molar-refractivity contribution < 1.29 is 4.79 Å². The summed E-state index contributed by atoms with van der Waals surface area (Å²) in [4.78, 5) is 14.0. The van der Waals surface area contributed by atoms with Crippen molar-refractivity contribution in [3.63, 3.8) is 0 Å². The molecule has 0 spiro atoms. The van der Waals surface area contributed by atoms with Crippen LogP contribution in [0.4, 0.5) is 0 Å². The van der Waals surface area contributed by atoms with E-state index in [-0.39, 0.29) is 5.91 Å². The van der Waals surface area contributed by atoms with Crippen molar-refractivity contribution in [3.05, 3.63) is 35.4 Å². The summed E-state index contributed by atoms with van der Waals surface area (Å²) in [6.45, 7) is 5.27. The number of carbonyl (C=O) groups excluding carboxylic acids is 1. The third-order valence-electron chi connectivity index (χ3n) is 3.32. The lowest BCUT2D eigenvalue weighted by Gasteiger charge is -2.17. The third-order valence-corrected chi connectivity index (χ3v) is 3.32. The van der Waals surface area contributed by atoms with Gasteiger partial charge in [-0.25, -0.2) is 0 Å². The van der Waals surface area contributed by atoms with Crippen molar-refractivity contribution in [2.24, 2.45) is 7.05 Å². The molecule has 0 aliphatic carbocycles. The summed E-state index contributed by atoms with van der Waals surface area (Å²) in [6, 6.07) is 1.93. The number of nitrogens with zero attached hydrogens (tertiary/aromatic N) is 5. The highest BCUT2D eigenvalue weighted by molar-refractivity contribution is 5.94. The van der Waals surface area contributed by atoms with Crippen molar-refractivity contribution in [1.29, 1.82) is 0 Å². The third kappa shape index (κ3) is 2.52. The van der Waals surface area contributed by atoms with Gasteiger partial charge in [-0.1, -0.05) is 0 Å². The first-order chi connectivity index (χ1) is 9.04. The molecule has 0 aromatic carbocycles. The monoisotopic (exact) mass is 261 g/mol. The zero-order valence-corrected chi connectivity index (χ0v) is 11.8. The molecule has 0 N–H and O–H groups in total. The molecule has 19 heavy (non-hydrogen) atoms. The number of carbonyl (C=O) groups is 1. The summed E-state index contributed by atoms with van der Waals surface area (Å²) >= 11 is 0. The Bertz CT molecular complexity index is 584. The van der Waals surface area contributed by atoms with E-state index in [0.29, 0.717) is 12.1 Å². The summed E-state index contributed by atoms with van der Waals surface area (Å²) in [5.74, 6) is -0.0190. The van der Waals surface area contributed by atoms with E-state index < -0.39 is 0 Å². The minimum atomic E-state index is -0.0190. The maximum atomic E-state index is 12.3. The highest BCUT2D eigenvalue weighted by Gasteiger charge is 2.18. The van der Waals surface area contributed by atoms with E-state index in [1.54, 1.807) is 29.0 Å². The second kappa shape index (κ2) is 5.26. The minimum Gasteiger partial charge on any atom is -0.336 e. The fourth-order valence-electron chi connectivity index (χ4n) is 2.01. The van der Waals surface area contributed by atoms with Crippen molar-refractivity contribution in [2.75, 3.05) is 7.05 Å².